The van der Waals surface area contributed by atoms with Gasteiger partial charge in [0.2, 0.25) is 0 Å². The summed E-state index contributed by atoms with van der Waals surface area (Å²) in [6.45, 7) is 0. The second-order valence-corrected chi connectivity index (χ2v) is 5.18. The van der Waals surface area contributed by atoms with E-state index >= 15 is 0 Å². The van der Waals surface area contributed by atoms with Gasteiger partial charge in [0.05, 0.1) is 12.0 Å². The van der Waals surface area contributed by atoms with Gasteiger partial charge in [0.1, 0.15) is 5.75 Å². The average Bonchev–Trinajstić information content (AvgIpc) is 2.94. The van der Waals surface area contributed by atoms with Gasteiger partial charge in [-0.3, -0.25) is 4.79 Å². The molecule has 0 aliphatic carbocycles. The van der Waals surface area contributed by atoms with Crippen molar-refractivity contribution in [1.82, 2.24) is 0 Å². The normalized spacial score (nSPS) is 10.5. The Balaban J connectivity index is 2.08. The third-order valence-electron chi connectivity index (χ3n) is 2.57. The number of carbonyl (C=O) groups excluding carboxylic acids is 1. The number of hydrogen-bond donors (Lipinski definition) is 2. The standard InChI is InChI=1S/C15H13NO4S/c1-20-11-4-2-3-10(9-11)16-15(19)13-7-5-12(21-13)6-8-14(17)18/h2-9H,1H3,(H,16,19)(H,17,18). The average molecular weight is 303 g/mol. The van der Waals surface area contributed by atoms with Gasteiger partial charge in [-0.15, -0.1) is 11.3 Å². The first-order chi connectivity index (χ1) is 10.1. The first-order valence-corrected chi connectivity index (χ1v) is 6.86. The van der Waals surface area contributed by atoms with E-state index in [1.165, 1.54) is 17.4 Å². The van der Waals surface area contributed by atoms with Gasteiger partial charge in [-0.05, 0) is 30.3 Å². The molecular formula is C15H13NO4S. The molecule has 2 N–H and O–H groups in total. The Morgan fingerprint density at radius 3 is 2.81 bits per heavy atom. The molecular weight excluding hydrogens is 290 g/mol. The van der Waals surface area contributed by atoms with Crippen molar-refractivity contribution in [2.45, 2.75) is 0 Å². The van der Waals surface area contributed by atoms with Crippen LogP contribution >= 0.6 is 11.3 Å². The minimum absolute atomic E-state index is 0.247. The third-order valence-corrected chi connectivity index (χ3v) is 3.62. The number of hydrogen-bond acceptors (Lipinski definition) is 4. The first-order valence-electron chi connectivity index (χ1n) is 6.05. The van der Waals surface area contributed by atoms with Crippen molar-refractivity contribution in [2.75, 3.05) is 12.4 Å². The Hall–Kier alpha value is -2.60. The van der Waals surface area contributed by atoms with E-state index in [0.717, 1.165) is 6.08 Å². The zero-order valence-corrected chi connectivity index (χ0v) is 12.0. The summed E-state index contributed by atoms with van der Waals surface area (Å²) >= 11 is 1.22. The molecule has 1 heterocycles. The second kappa shape index (κ2) is 6.71. The highest BCUT2D eigenvalue weighted by molar-refractivity contribution is 7.15. The van der Waals surface area contributed by atoms with Crippen LogP contribution in [-0.4, -0.2) is 24.1 Å². The molecule has 5 nitrogen and oxygen atoms in total. The van der Waals surface area contributed by atoms with Crippen LogP contribution in [0.3, 0.4) is 0 Å². The van der Waals surface area contributed by atoms with Gasteiger partial charge in [-0.2, -0.15) is 0 Å². The van der Waals surface area contributed by atoms with Crippen LogP contribution in [-0.2, 0) is 4.79 Å². The second-order valence-electron chi connectivity index (χ2n) is 4.06. The molecule has 0 fully saturated rings. The Kier molecular flexibility index (Phi) is 4.73. The first kappa shape index (κ1) is 14.8. The van der Waals surface area contributed by atoms with E-state index in [1.807, 2.05) is 0 Å². The zero-order valence-electron chi connectivity index (χ0n) is 11.2. The number of thiophene rings is 1. The summed E-state index contributed by atoms with van der Waals surface area (Å²) in [5.41, 5.74) is 0.635. The van der Waals surface area contributed by atoms with E-state index in [9.17, 15) is 9.59 Å². The van der Waals surface area contributed by atoms with Crippen molar-refractivity contribution in [3.63, 3.8) is 0 Å². The molecule has 6 heteroatoms. The van der Waals surface area contributed by atoms with Crippen LogP contribution in [0.1, 0.15) is 14.5 Å². The van der Waals surface area contributed by atoms with Crippen LogP contribution < -0.4 is 10.1 Å². The predicted molar refractivity (Wildman–Crippen MR) is 81.9 cm³/mol. The van der Waals surface area contributed by atoms with Gasteiger partial charge in [-0.1, -0.05) is 6.07 Å². The number of ether oxygens (including phenoxy) is 1. The lowest BCUT2D eigenvalue weighted by Gasteiger charge is -2.05. The molecule has 0 saturated heterocycles. The summed E-state index contributed by atoms with van der Waals surface area (Å²) in [7, 11) is 1.56. The fourth-order valence-electron chi connectivity index (χ4n) is 1.61. The van der Waals surface area contributed by atoms with Gasteiger partial charge >= 0.3 is 5.97 Å². The molecule has 1 aromatic carbocycles. The number of nitrogens with one attached hydrogen (secondary N) is 1. The van der Waals surface area contributed by atoms with Crippen LogP contribution in [0.25, 0.3) is 6.08 Å². The topological polar surface area (TPSA) is 75.6 Å². The lowest BCUT2D eigenvalue weighted by Crippen LogP contribution is -2.09. The predicted octanol–water partition coefficient (Wildman–Crippen LogP) is 3.11. The van der Waals surface area contributed by atoms with E-state index in [0.29, 0.717) is 21.2 Å². The van der Waals surface area contributed by atoms with Crippen LogP contribution in [0.4, 0.5) is 5.69 Å². The largest absolute Gasteiger partial charge is 0.497 e. The van der Waals surface area contributed by atoms with Gasteiger partial charge in [-0.25, -0.2) is 4.79 Å². The Morgan fingerprint density at radius 1 is 1.29 bits per heavy atom. The van der Waals surface area contributed by atoms with Crippen LogP contribution in [0.5, 0.6) is 5.75 Å². The van der Waals surface area contributed by atoms with Gasteiger partial charge in [0, 0.05) is 22.7 Å². The smallest absolute Gasteiger partial charge is 0.328 e. The highest BCUT2D eigenvalue weighted by atomic mass is 32.1. The summed E-state index contributed by atoms with van der Waals surface area (Å²) in [5.74, 6) is -0.613. The molecule has 0 aliphatic heterocycles. The van der Waals surface area contributed by atoms with E-state index in [4.69, 9.17) is 9.84 Å². The number of methoxy groups -OCH3 is 1. The summed E-state index contributed by atoms with van der Waals surface area (Å²) in [4.78, 5) is 23.7. The Morgan fingerprint density at radius 2 is 2.10 bits per heavy atom. The fourth-order valence-corrected chi connectivity index (χ4v) is 2.42. The maximum Gasteiger partial charge on any atom is 0.328 e. The Labute approximate surface area is 125 Å². The number of rotatable bonds is 5. The number of carboxylic acids is 1. The fraction of sp³-hybridized carbons (Fsp3) is 0.0667. The number of benzene rings is 1. The van der Waals surface area contributed by atoms with Crippen LogP contribution in [0.15, 0.2) is 42.5 Å². The third kappa shape index (κ3) is 4.19. The van der Waals surface area contributed by atoms with Crippen molar-refractivity contribution in [3.8, 4) is 5.75 Å². The molecule has 0 atom stereocenters. The van der Waals surface area contributed by atoms with Crippen molar-refractivity contribution >= 4 is 35.0 Å². The molecule has 1 amide bonds. The molecule has 0 bridgehead atoms. The molecule has 0 saturated carbocycles. The minimum atomic E-state index is -1.02. The summed E-state index contributed by atoms with van der Waals surface area (Å²) in [6, 6.07) is 10.4. The highest BCUT2D eigenvalue weighted by Crippen LogP contribution is 2.21. The number of anilines is 1. The van der Waals surface area contributed by atoms with Crippen molar-refractivity contribution in [2.24, 2.45) is 0 Å². The maximum absolute atomic E-state index is 12.1. The zero-order chi connectivity index (χ0) is 15.2. The number of amides is 1. The summed E-state index contributed by atoms with van der Waals surface area (Å²) in [5, 5.41) is 11.3. The van der Waals surface area contributed by atoms with Gasteiger partial charge in [0.15, 0.2) is 0 Å². The summed E-state index contributed by atoms with van der Waals surface area (Å²) in [6.07, 6.45) is 2.49. The van der Waals surface area contributed by atoms with Crippen molar-refractivity contribution in [3.05, 3.63) is 52.2 Å². The van der Waals surface area contributed by atoms with E-state index in [-0.39, 0.29) is 5.91 Å². The van der Waals surface area contributed by atoms with E-state index in [2.05, 4.69) is 5.32 Å². The van der Waals surface area contributed by atoms with Gasteiger partial charge in [0.25, 0.3) is 5.91 Å². The molecule has 108 valence electrons. The van der Waals surface area contributed by atoms with Crippen molar-refractivity contribution < 1.29 is 19.4 Å². The number of carbonyl (C=O) groups is 2. The van der Waals surface area contributed by atoms with E-state index in [1.54, 1.807) is 43.5 Å². The Bertz CT molecular complexity index is 690. The molecule has 0 aliphatic rings. The molecule has 0 spiro atoms. The van der Waals surface area contributed by atoms with E-state index < -0.39 is 5.97 Å². The summed E-state index contributed by atoms with van der Waals surface area (Å²) < 4.78 is 5.09. The maximum atomic E-state index is 12.1. The monoisotopic (exact) mass is 303 g/mol. The van der Waals surface area contributed by atoms with Crippen LogP contribution in [0.2, 0.25) is 0 Å². The van der Waals surface area contributed by atoms with Crippen LogP contribution in [0, 0.1) is 0 Å². The van der Waals surface area contributed by atoms with Crippen molar-refractivity contribution in [1.29, 1.82) is 0 Å². The number of carboxylic acid groups (broad SMARTS) is 1. The minimum Gasteiger partial charge on any atom is -0.497 e. The lowest BCUT2D eigenvalue weighted by molar-refractivity contribution is -0.131. The van der Waals surface area contributed by atoms with Gasteiger partial charge < -0.3 is 15.2 Å². The lowest BCUT2D eigenvalue weighted by atomic mass is 10.3. The molecule has 0 radical (unpaired) electrons. The molecule has 0 unspecified atom stereocenters. The molecule has 2 aromatic rings. The SMILES string of the molecule is COc1cccc(NC(=O)c2ccc(C=CC(=O)O)s2)c1. The quantitative estimate of drug-likeness (QED) is 0.832. The number of aliphatic carboxylic acids is 1. The molecule has 2 rings (SSSR count). The molecule has 21 heavy (non-hydrogen) atoms. The molecule has 1 aromatic heterocycles. The highest BCUT2D eigenvalue weighted by Gasteiger charge is 2.09.